The monoisotopic (exact) mass is 292 g/mol. The number of nitrogens with zero attached hydrogens (tertiary/aromatic N) is 1. The van der Waals surface area contributed by atoms with E-state index in [1.165, 1.54) is 0 Å². The van der Waals surface area contributed by atoms with E-state index >= 15 is 0 Å². The Morgan fingerprint density at radius 1 is 1.47 bits per heavy atom. The number of nitrogens with two attached hydrogens (primary N) is 1. The normalized spacial score (nSPS) is 18.7. The van der Waals surface area contributed by atoms with Gasteiger partial charge in [-0.3, -0.25) is 4.79 Å². The van der Waals surface area contributed by atoms with E-state index in [4.69, 9.17) is 10.9 Å². The summed E-state index contributed by atoms with van der Waals surface area (Å²) in [5.41, 5.74) is 4.55. The summed E-state index contributed by atoms with van der Waals surface area (Å²) in [6, 6.07) is 0. The van der Waals surface area contributed by atoms with Gasteiger partial charge in [-0.1, -0.05) is 18.5 Å². The summed E-state index contributed by atoms with van der Waals surface area (Å²) in [5, 5.41) is 14.1. The molecule has 1 fully saturated rings. The predicted molar refractivity (Wildman–Crippen MR) is 70.2 cm³/mol. The van der Waals surface area contributed by atoms with Crippen LogP contribution in [0.4, 0.5) is 0 Å². The van der Waals surface area contributed by atoms with Crippen molar-refractivity contribution in [3.05, 3.63) is 0 Å². The average molecular weight is 292 g/mol. The van der Waals surface area contributed by atoms with Crippen molar-refractivity contribution in [3.8, 4) is 0 Å². The summed E-state index contributed by atoms with van der Waals surface area (Å²) < 4.78 is 25.1. The number of amidine groups is 1. The fourth-order valence-corrected chi connectivity index (χ4v) is 2.94. The lowest BCUT2D eigenvalue weighted by Crippen LogP contribution is -2.54. The quantitative estimate of drug-likeness (QED) is 0.206. The van der Waals surface area contributed by atoms with Crippen LogP contribution in [0.15, 0.2) is 5.16 Å². The Labute approximate surface area is 112 Å². The van der Waals surface area contributed by atoms with Crippen molar-refractivity contribution in [1.29, 1.82) is 0 Å². The number of hydrogen-bond acceptors (Lipinski definition) is 5. The second-order valence-electron chi connectivity index (χ2n) is 4.49. The lowest BCUT2D eigenvalue weighted by molar-refractivity contribution is -0.130. The van der Waals surface area contributed by atoms with Crippen LogP contribution in [0.5, 0.6) is 0 Å². The van der Waals surface area contributed by atoms with Crippen LogP contribution in [0.1, 0.15) is 26.2 Å². The molecule has 1 amide bonds. The van der Waals surface area contributed by atoms with Gasteiger partial charge in [0.25, 0.3) is 0 Å². The summed E-state index contributed by atoms with van der Waals surface area (Å²) in [6.45, 7) is 1.98. The van der Waals surface area contributed by atoms with Gasteiger partial charge >= 0.3 is 0 Å². The van der Waals surface area contributed by atoms with Crippen molar-refractivity contribution >= 4 is 21.8 Å². The van der Waals surface area contributed by atoms with Crippen molar-refractivity contribution in [3.63, 3.8) is 0 Å². The molecule has 0 spiro atoms. The van der Waals surface area contributed by atoms with Gasteiger partial charge in [0, 0.05) is 13.1 Å². The number of rotatable bonds is 7. The number of carbonyl (C=O) groups excluding carboxylic acids is 1. The van der Waals surface area contributed by atoms with Crippen LogP contribution in [0.25, 0.3) is 0 Å². The molecule has 0 aromatic rings. The molecule has 0 unspecified atom stereocenters. The van der Waals surface area contributed by atoms with E-state index in [1.807, 2.05) is 0 Å². The van der Waals surface area contributed by atoms with Gasteiger partial charge in [0.15, 0.2) is 5.84 Å². The maximum atomic E-state index is 12.0. The Morgan fingerprint density at radius 3 is 2.53 bits per heavy atom. The molecular weight excluding hydrogens is 272 g/mol. The zero-order valence-electron chi connectivity index (χ0n) is 10.8. The molecule has 0 saturated heterocycles. The van der Waals surface area contributed by atoms with Crippen LogP contribution in [0, 0.1) is 5.41 Å². The van der Waals surface area contributed by atoms with Gasteiger partial charge in [-0.05, 0) is 12.8 Å². The van der Waals surface area contributed by atoms with E-state index in [0.717, 1.165) is 6.42 Å². The zero-order valence-corrected chi connectivity index (χ0v) is 11.7. The first-order valence-corrected chi connectivity index (χ1v) is 7.77. The molecule has 0 radical (unpaired) electrons. The first kappa shape index (κ1) is 15.7. The second kappa shape index (κ2) is 6.20. The number of amides is 1. The highest BCUT2D eigenvalue weighted by Crippen LogP contribution is 2.41. The molecule has 1 aliphatic carbocycles. The van der Waals surface area contributed by atoms with E-state index in [2.05, 4.69) is 15.2 Å². The Bertz CT molecular complexity index is 456. The van der Waals surface area contributed by atoms with Crippen molar-refractivity contribution in [2.24, 2.45) is 16.3 Å². The Hall–Kier alpha value is -1.35. The van der Waals surface area contributed by atoms with Crippen LogP contribution >= 0.6 is 0 Å². The molecule has 19 heavy (non-hydrogen) atoms. The molecule has 0 aromatic carbocycles. The molecular formula is C10H20N4O4S. The van der Waals surface area contributed by atoms with Crippen molar-refractivity contribution in [2.45, 2.75) is 26.2 Å². The molecule has 1 saturated carbocycles. The molecule has 0 heterocycles. The molecule has 5 N–H and O–H groups in total. The molecule has 110 valence electrons. The van der Waals surface area contributed by atoms with Gasteiger partial charge in [-0.15, -0.1) is 0 Å². The minimum Gasteiger partial charge on any atom is -0.409 e. The van der Waals surface area contributed by atoms with Crippen molar-refractivity contribution < 1.29 is 18.4 Å². The Morgan fingerprint density at radius 2 is 2.11 bits per heavy atom. The van der Waals surface area contributed by atoms with Gasteiger partial charge < -0.3 is 16.3 Å². The van der Waals surface area contributed by atoms with Crippen molar-refractivity contribution in [2.75, 3.05) is 18.8 Å². The average Bonchev–Trinajstić information content (AvgIpc) is 2.26. The Balaban J connectivity index is 2.52. The summed E-state index contributed by atoms with van der Waals surface area (Å²) >= 11 is 0. The highest BCUT2D eigenvalue weighted by molar-refractivity contribution is 7.89. The third kappa shape index (κ3) is 3.57. The standard InChI is InChI=1S/C10H20N4O4S/c1-2-13-19(17,18)7-6-12-9(15)10(4-3-5-10)8(11)14-16/h13,16H,2-7H2,1H3,(H2,11,14)(H,12,15). The van der Waals surface area contributed by atoms with Crippen LogP contribution < -0.4 is 15.8 Å². The summed E-state index contributed by atoms with van der Waals surface area (Å²) in [4.78, 5) is 12.0. The highest BCUT2D eigenvalue weighted by atomic mass is 32.2. The highest BCUT2D eigenvalue weighted by Gasteiger charge is 2.48. The number of sulfonamides is 1. The molecule has 0 aromatic heterocycles. The number of oxime groups is 1. The van der Waals surface area contributed by atoms with Gasteiger partial charge in [0.05, 0.1) is 5.75 Å². The summed E-state index contributed by atoms with van der Waals surface area (Å²) in [7, 11) is -3.36. The topological polar surface area (TPSA) is 134 Å². The van der Waals surface area contributed by atoms with E-state index in [9.17, 15) is 13.2 Å². The van der Waals surface area contributed by atoms with E-state index in [0.29, 0.717) is 19.4 Å². The summed E-state index contributed by atoms with van der Waals surface area (Å²) in [6.07, 6.45) is 1.84. The molecule has 0 atom stereocenters. The zero-order chi connectivity index (χ0) is 14.5. The lowest BCUT2D eigenvalue weighted by Gasteiger charge is -2.38. The Kier molecular flexibility index (Phi) is 5.12. The first-order valence-electron chi connectivity index (χ1n) is 6.11. The fraction of sp³-hybridized carbons (Fsp3) is 0.800. The molecule has 1 rings (SSSR count). The summed E-state index contributed by atoms with van der Waals surface area (Å²) in [5.74, 6) is -0.703. The van der Waals surface area contributed by atoms with E-state index in [-0.39, 0.29) is 24.0 Å². The molecule has 9 heteroatoms. The molecule has 0 bridgehead atoms. The number of carbonyl (C=O) groups is 1. The van der Waals surface area contributed by atoms with E-state index < -0.39 is 15.4 Å². The fourth-order valence-electron chi connectivity index (χ4n) is 1.99. The molecule has 1 aliphatic rings. The maximum Gasteiger partial charge on any atom is 0.233 e. The first-order chi connectivity index (χ1) is 8.88. The van der Waals surface area contributed by atoms with Crippen LogP contribution in [-0.4, -0.2) is 44.2 Å². The van der Waals surface area contributed by atoms with E-state index in [1.54, 1.807) is 6.92 Å². The SMILES string of the molecule is CCNS(=O)(=O)CCNC(=O)C1(C(N)=NO)CCC1. The van der Waals surface area contributed by atoms with Gasteiger partial charge in [-0.25, -0.2) is 13.1 Å². The molecule has 0 aliphatic heterocycles. The van der Waals surface area contributed by atoms with Crippen LogP contribution in [0.2, 0.25) is 0 Å². The number of hydrogen-bond donors (Lipinski definition) is 4. The second-order valence-corrected chi connectivity index (χ2v) is 6.42. The third-order valence-corrected chi connectivity index (χ3v) is 4.73. The van der Waals surface area contributed by atoms with Crippen LogP contribution in [-0.2, 0) is 14.8 Å². The smallest absolute Gasteiger partial charge is 0.233 e. The van der Waals surface area contributed by atoms with Gasteiger partial charge in [0.1, 0.15) is 5.41 Å². The molecule has 8 nitrogen and oxygen atoms in total. The third-order valence-electron chi connectivity index (χ3n) is 3.26. The lowest BCUT2D eigenvalue weighted by atomic mass is 9.67. The minimum atomic E-state index is -3.36. The van der Waals surface area contributed by atoms with Gasteiger partial charge in [0.2, 0.25) is 15.9 Å². The van der Waals surface area contributed by atoms with Gasteiger partial charge in [-0.2, -0.15) is 0 Å². The van der Waals surface area contributed by atoms with Crippen LogP contribution in [0.3, 0.4) is 0 Å². The minimum absolute atomic E-state index is 0.00533. The maximum absolute atomic E-state index is 12.0. The predicted octanol–water partition coefficient (Wildman–Crippen LogP) is -1.04. The largest absolute Gasteiger partial charge is 0.409 e. The number of nitrogens with one attached hydrogen (secondary N) is 2. The van der Waals surface area contributed by atoms with Crippen molar-refractivity contribution in [1.82, 2.24) is 10.0 Å².